The van der Waals surface area contributed by atoms with Crippen LogP contribution in [0.5, 0.6) is 0 Å². The number of hydrogen-bond donors (Lipinski definition) is 0. The molecule has 0 spiro atoms. The highest BCUT2D eigenvalue weighted by Gasteiger charge is 2.07. The van der Waals surface area contributed by atoms with E-state index >= 15 is 0 Å². The lowest BCUT2D eigenvalue weighted by molar-refractivity contribution is 1.14. The molecule has 0 saturated carbocycles. The summed E-state index contributed by atoms with van der Waals surface area (Å²) in [5, 5.41) is 4.62. The number of rotatable bonds is 2. The molecule has 0 bridgehead atoms. The van der Waals surface area contributed by atoms with E-state index in [0.717, 1.165) is 11.8 Å². The minimum Gasteiger partial charge on any atom is -0.143 e. The van der Waals surface area contributed by atoms with Crippen LogP contribution in [0.2, 0.25) is 0 Å². The fourth-order valence-corrected chi connectivity index (χ4v) is 4.15. The minimum atomic E-state index is 0.948. The molecule has 0 unspecified atom stereocenters. The largest absolute Gasteiger partial charge is 0.143 e. The highest BCUT2D eigenvalue weighted by molar-refractivity contribution is 14.1. The van der Waals surface area contributed by atoms with Crippen LogP contribution in [0.25, 0.3) is 10.1 Å². The molecule has 3 heteroatoms. The zero-order chi connectivity index (χ0) is 10.1. The highest BCUT2D eigenvalue weighted by atomic mass is 127. The number of benzene rings is 1. The Labute approximate surface area is 110 Å². The van der Waals surface area contributed by atoms with Crippen molar-refractivity contribution < 1.29 is 0 Å². The number of alkyl halides is 1. The van der Waals surface area contributed by atoms with Gasteiger partial charge in [0.25, 0.3) is 0 Å². The Bertz CT molecular complexity index is 462. The Morgan fingerprint density at radius 3 is 2.86 bits per heavy atom. The van der Waals surface area contributed by atoms with Gasteiger partial charge in [0.05, 0.1) is 0 Å². The Hall–Kier alpha value is 0.390. The van der Waals surface area contributed by atoms with Crippen molar-refractivity contribution in [2.24, 2.45) is 0 Å². The third-order valence-corrected chi connectivity index (χ3v) is 5.13. The summed E-state index contributed by atoms with van der Waals surface area (Å²) in [6.45, 7) is 2.21. The standard InChI is InChI=1S/C11H10BrIS/c1-2-7-3-8(5-12)11-9(13)6-14-10(11)4-7/h3-4,6H,2,5H2,1H3. The van der Waals surface area contributed by atoms with E-state index in [4.69, 9.17) is 0 Å². The monoisotopic (exact) mass is 380 g/mol. The zero-order valence-electron chi connectivity index (χ0n) is 7.81. The van der Waals surface area contributed by atoms with Gasteiger partial charge in [0, 0.05) is 24.4 Å². The average Bonchev–Trinajstić information content (AvgIpc) is 2.59. The molecular weight excluding hydrogens is 371 g/mol. The molecule has 0 aliphatic carbocycles. The third kappa shape index (κ3) is 1.86. The molecule has 0 amide bonds. The van der Waals surface area contributed by atoms with Gasteiger partial charge in [0.1, 0.15) is 0 Å². The van der Waals surface area contributed by atoms with E-state index < -0.39 is 0 Å². The van der Waals surface area contributed by atoms with Crippen LogP contribution >= 0.6 is 49.9 Å². The molecule has 0 fully saturated rings. The quantitative estimate of drug-likeness (QED) is 0.510. The maximum atomic E-state index is 3.56. The maximum absolute atomic E-state index is 3.56. The first-order valence-electron chi connectivity index (χ1n) is 4.50. The summed E-state index contributed by atoms with van der Waals surface area (Å²) in [7, 11) is 0. The van der Waals surface area contributed by atoms with Gasteiger partial charge in [0.15, 0.2) is 0 Å². The summed E-state index contributed by atoms with van der Waals surface area (Å²) in [6, 6.07) is 4.63. The van der Waals surface area contributed by atoms with E-state index in [9.17, 15) is 0 Å². The Morgan fingerprint density at radius 1 is 1.43 bits per heavy atom. The molecule has 2 aromatic rings. The first kappa shape index (κ1) is 10.9. The van der Waals surface area contributed by atoms with Crippen LogP contribution in [0.3, 0.4) is 0 Å². The van der Waals surface area contributed by atoms with Gasteiger partial charge in [0.2, 0.25) is 0 Å². The van der Waals surface area contributed by atoms with Crippen molar-refractivity contribution in [3.8, 4) is 0 Å². The second-order valence-electron chi connectivity index (χ2n) is 3.20. The Kier molecular flexibility index (Phi) is 3.50. The molecule has 2 rings (SSSR count). The molecule has 74 valence electrons. The van der Waals surface area contributed by atoms with Gasteiger partial charge in [-0.15, -0.1) is 11.3 Å². The summed E-state index contributed by atoms with van der Waals surface area (Å²) >= 11 is 7.82. The van der Waals surface area contributed by atoms with Gasteiger partial charge in [-0.05, 0) is 46.2 Å². The second-order valence-corrected chi connectivity index (χ2v) is 5.83. The molecular formula is C11H10BrIS. The first-order chi connectivity index (χ1) is 6.76. The summed E-state index contributed by atoms with van der Waals surface area (Å²) in [5.74, 6) is 0. The van der Waals surface area contributed by atoms with Crippen LogP contribution in [-0.2, 0) is 11.8 Å². The predicted molar refractivity (Wildman–Crippen MR) is 76.6 cm³/mol. The van der Waals surface area contributed by atoms with Crippen LogP contribution in [0.4, 0.5) is 0 Å². The zero-order valence-corrected chi connectivity index (χ0v) is 12.4. The van der Waals surface area contributed by atoms with E-state index in [0.29, 0.717) is 0 Å². The van der Waals surface area contributed by atoms with E-state index in [1.165, 1.54) is 24.8 Å². The first-order valence-corrected chi connectivity index (χ1v) is 7.58. The van der Waals surface area contributed by atoms with E-state index in [1.807, 2.05) is 11.3 Å². The van der Waals surface area contributed by atoms with Crippen molar-refractivity contribution in [1.82, 2.24) is 0 Å². The number of fused-ring (bicyclic) bond motifs is 1. The topological polar surface area (TPSA) is 0 Å². The van der Waals surface area contributed by atoms with Crippen molar-refractivity contribution in [1.29, 1.82) is 0 Å². The molecule has 0 nitrogen and oxygen atoms in total. The van der Waals surface area contributed by atoms with Crippen LogP contribution in [-0.4, -0.2) is 0 Å². The fourth-order valence-electron chi connectivity index (χ4n) is 1.58. The Balaban J connectivity index is 2.76. The smallest absolute Gasteiger partial charge is 0.0359 e. The minimum absolute atomic E-state index is 0.948. The van der Waals surface area contributed by atoms with Crippen LogP contribution in [0.1, 0.15) is 18.1 Å². The predicted octanol–water partition coefficient (Wildman–Crippen LogP) is 4.96. The second kappa shape index (κ2) is 4.49. The number of halogens is 2. The maximum Gasteiger partial charge on any atom is 0.0359 e. The molecule has 14 heavy (non-hydrogen) atoms. The molecule has 0 aliphatic heterocycles. The summed E-state index contributed by atoms with van der Waals surface area (Å²) in [5.41, 5.74) is 2.86. The molecule has 0 atom stereocenters. The molecule has 0 radical (unpaired) electrons. The summed E-state index contributed by atoms with van der Waals surface area (Å²) in [4.78, 5) is 0. The van der Waals surface area contributed by atoms with Gasteiger partial charge >= 0.3 is 0 Å². The fraction of sp³-hybridized carbons (Fsp3) is 0.273. The normalized spacial score (nSPS) is 11.1. The van der Waals surface area contributed by atoms with Gasteiger partial charge in [-0.25, -0.2) is 0 Å². The lowest BCUT2D eigenvalue weighted by Gasteiger charge is -2.03. The molecule has 0 N–H and O–H groups in total. The highest BCUT2D eigenvalue weighted by Crippen LogP contribution is 2.32. The van der Waals surface area contributed by atoms with Crippen LogP contribution in [0, 0.1) is 3.57 Å². The van der Waals surface area contributed by atoms with E-state index in [-0.39, 0.29) is 0 Å². The molecule has 1 aromatic heterocycles. The van der Waals surface area contributed by atoms with Crippen LogP contribution < -0.4 is 0 Å². The van der Waals surface area contributed by atoms with E-state index in [1.54, 1.807) is 0 Å². The van der Waals surface area contributed by atoms with Gasteiger partial charge < -0.3 is 0 Å². The molecule has 1 heterocycles. The van der Waals surface area contributed by atoms with Crippen molar-refractivity contribution in [3.05, 3.63) is 32.2 Å². The number of thiophene rings is 1. The van der Waals surface area contributed by atoms with Crippen LogP contribution in [0.15, 0.2) is 17.5 Å². The molecule has 0 saturated heterocycles. The molecule has 1 aromatic carbocycles. The van der Waals surface area contributed by atoms with Crippen molar-refractivity contribution in [2.75, 3.05) is 0 Å². The van der Waals surface area contributed by atoms with Crippen molar-refractivity contribution >= 4 is 59.9 Å². The summed E-state index contributed by atoms with van der Waals surface area (Å²) < 4.78 is 2.79. The van der Waals surface area contributed by atoms with Crippen molar-refractivity contribution in [3.63, 3.8) is 0 Å². The van der Waals surface area contributed by atoms with Gasteiger partial charge in [-0.1, -0.05) is 28.9 Å². The lowest BCUT2D eigenvalue weighted by atomic mass is 10.1. The van der Waals surface area contributed by atoms with E-state index in [2.05, 4.69) is 63.0 Å². The van der Waals surface area contributed by atoms with Gasteiger partial charge in [-0.3, -0.25) is 0 Å². The lowest BCUT2D eigenvalue weighted by Crippen LogP contribution is -1.86. The van der Waals surface area contributed by atoms with Crippen molar-refractivity contribution in [2.45, 2.75) is 18.7 Å². The molecule has 0 aliphatic rings. The number of aryl methyl sites for hydroxylation is 1. The average molecular weight is 381 g/mol. The third-order valence-electron chi connectivity index (χ3n) is 2.32. The summed E-state index contributed by atoms with van der Waals surface area (Å²) in [6.07, 6.45) is 1.12. The Morgan fingerprint density at radius 2 is 2.21 bits per heavy atom. The van der Waals surface area contributed by atoms with Gasteiger partial charge in [-0.2, -0.15) is 0 Å². The SMILES string of the molecule is CCc1cc(CBr)c2c(I)csc2c1. The number of hydrogen-bond acceptors (Lipinski definition) is 1.